The van der Waals surface area contributed by atoms with Gasteiger partial charge >= 0.3 is 0 Å². The lowest BCUT2D eigenvalue weighted by Gasteiger charge is -2.30. The normalized spacial score (nSPS) is 33.6. The third kappa shape index (κ3) is 2.03. The Labute approximate surface area is 150 Å². The van der Waals surface area contributed by atoms with Crippen LogP contribution < -0.4 is 10.6 Å². The zero-order valence-electron chi connectivity index (χ0n) is 14.6. The summed E-state index contributed by atoms with van der Waals surface area (Å²) in [5.41, 5.74) is -0.0965. The minimum absolute atomic E-state index is 0.132. The highest BCUT2D eigenvalue weighted by atomic mass is 16.5. The molecule has 3 aliphatic heterocycles. The number of fused-ring (bicyclic) bond motifs is 4. The van der Waals surface area contributed by atoms with Gasteiger partial charge in [-0.2, -0.15) is 0 Å². The van der Waals surface area contributed by atoms with E-state index < -0.39 is 35.4 Å². The Bertz CT molecular complexity index is 795. The van der Waals surface area contributed by atoms with Crippen molar-refractivity contribution in [2.45, 2.75) is 24.6 Å². The Balaban J connectivity index is 1.85. The maximum atomic E-state index is 13.1. The van der Waals surface area contributed by atoms with E-state index in [1.807, 2.05) is 0 Å². The Morgan fingerprint density at radius 1 is 1.27 bits per heavy atom. The molecule has 26 heavy (non-hydrogen) atoms. The highest BCUT2D eigenvalue weighted by molar-refractivity contribution is 6.15. The second-order valence-electron chi connectivity index (χ2n) is 7.04. The first kappa shape index (κ1) is 17.1. The quantitative estimate of drug-likeness (QED) is 0.622. The topological polar surface area (TPSA) is 108 Å². The molecule has 138 valence electrons. The van der Waals surface area contributed by atoms with Crippen molar-refractivity contribution in [3.05, 3.63) is 29.8 Å². The van der Waals surface area contributed by atoms with E-state index >= 15 is 0 Å². The number of likely N-dealkylation sites (tertiary alicyclic amines) is 1. The number of benzene rings is 1. The van der Waals surface area contributed by atoms with Gasteiger partial charge in [-0.1, -0.05) is 18.2 Å². The second-order valence-corrected chi connectivity index (χ2v) is 7.04. The highest BCUT2D eigenvalue weighted by Gasteiger charge is 2.70. The van der Waals surface area contributed by atoms with Crippen LogP contribution in [0.15, 0.2) is 24.3 Å². The van der Waals surface area contributed by atoms with E-state index in [9.17, 15) is 19.5 Å². The Morgan fingerprint density at radius 3 is 2.69 bits per heavy atom. The van der Waals surface area contributed by atoms with Crippen molar-refractivity contribution in [1.29, 1.82) is 0 Å². The van der Waals surface area contributed by atoms with Gasteiger partial charge in [0.15, 0.2) is 0 Å². The SMILES string of the molecule is COCCN1C(=O)C2C(C(C)O)NC3(C(=O)Nc4ccccc43)C2C1=O. The molecule has 0 aromatic heterocycles. The number of nitrogens with one attached hydrogen (secondary N) is 2. The molecule has 2 fully saturated rings. The molecule has 0 aliphatic carbocycles. The summed E-state index contributed by atoms with van der Waals surface area (Å²) in [7, 11) is 1.49. The van der Waals surface area contributed by atoms with Crippen LogP contribution in [0.4, 0.5) is 5.69 Å². The Kier molecular flexibility index (Phi) is 3.87. The first-order chi connectivity index (χ1) is 12.4. The number of anilines is 1. The number of carbonyl (C=O) groups excluding carboxylic acids is 3. The van der Waals surface area contributed by atoms with Crippen LogP contribution in [-0.2, 0) is 24.7 Å². The van der Waals surface area contributed by atoms with E-state index in [4.69, 9.17) is 4.74 Å². The summed E-state index contributed by atoms with van der Waals surface area (Å²) in [6, 6.07) is 6.43. The van der Waals surface area contributed by atoms with Gasteiger partial charge in [-0.25, -0.2) is 0 Å². The van der Waals surface area contributed by atoms with Gasteiger partial charge < -0.3 is 15.2 Å². The van der Waals surface area contributed by atoms with Crippen LogP contribution in [0.3, 0.4) is 0 Å². The number of imide groups is 1. The number of nitrogens with zero attached hydrogens (tertiary/aromatic N) is 1. The van der Waals surface area contributed by atoms with E-state index in [2.05, 4.69) is 10.6 Å². The summed E-state index contributed by atoms with van der Waals surface area (Å²) in [6.07, 6.45) is -0.901. The zero-order valence-corrected chi connectivity index (χ0v) is 14.6. The number of carbonyl (C=O) groups is 3. The van der Waals surface area contributed by atoms with Crippen LogP contribution in [0.1, 0.15) is 12.5 Å². The summed E-state index contributed by atoms with van der Waals surface area (Å²) >= 11 is 0. The van der Waals surface area contributed by atoms with E-state index in [1.54, 1.807) is 31.2 Å². The lowest BCUT2D eigenvalue weighted by molar-refractivity contribution is -0.143. The average Bonchev–Trinajstić information content (AvgIpc) is 3.20. The molecule has 0 saturated carbocycles. The van der Waals surface area contributed by atoms with Gasteiger partial charge in [-0.15, -0.1) is 0 Å². The van der Waals surface area contributed by atoms with Crippen molar-refractivity contribution in [1.82, 2.24) is 10.2 Å². The van der Waals surface area contributed by atoms with Crippen LogP contribution >= 0.6 is 0 Å². The van der Waals surface area contributed by atoms with Crippen LogP contribution in [0, 0.1) is 11.8 Å². The molecule has 8 heteroatoms. The summed E-state index contributed by atoms with van der Waals surface area (Å²) in [5.74, 6) is -2.83. The van der Waals surface area contributed by atoms with Crippen molar-refractivity contribution in [2.24, 2.45) is 11.8 Å². The van der Waals surface area contributed by atoms with Crippen molar-refractivity contribution in [3.8, 4) is 0 Å². The van der Waals surface area contributed by atoms with Crippen molar-refractivity contribution in [2.75, 3.05) is 25.6 Å². The van der Waals surface area contributed by atoms with Crippen molar-refractivity contribution < 1.29 is 24.2 Å². The minimum atomic E-state index is -1.35. The maximum absolute atomic E-state index is 13.1. The Hall–Kier alpha value is -2.29. The molecule has 1 aromatic carbocycles. The average molecular weight is 359 g/mol. The molecule has 1 spiro atoms. The molecule has 3 heterocycles. The van der Waals surface area contributed by atoms with Crippen LogP contribution in [0.2, 0.25) is 0 Å². The molecule has 1 aromatic rings. The van der Waals surface area contributed by atoms with Crippen LogP contribution in [0.25, 0.3) is 0 Å². The summed E-state index contributed by atoms with van der Waals surface area (Å²) in [5, 5.41) is 16.2. The van der Waals surface area contributed by atoms with Gasteiger partial charge in [0, 0.05) is 24.4 Å². The van der Waals surface area contributed by atoms with Gasteiger partial charge in [0.1, 0.15) is 5.54 Å². The number of rotatable bonds is 4. The van der Waals surface area contributed by atoms with Gasteiger partial charge in [-0.3, -0.25) is 24.6 Å². The molecule has 5 atom stereocenters. The summed E-state index contributed by atoms with van der Waals surface area (Å²) in [4.78, 5) is 40.2. The van der Waals surface area contributed by atoms with Crippen LogP contribution in [-0.4, -0.2) is 60.1 Å². The predicted octanol–water partition coefficient (Wildman–Crippen LogP) is -0.566. The number of ether oxygens (including phenoxy) is 1. The van der Waals surface area contributed by atoms with Gasteiger partial charge in [0.25, 0.3) is 0 Å². The lowest BCUT2D eigenvalue weighted by atomic mass is 9.76. The fourth-order valence-corrected chi connectivity index (χ4v) is 4.57. The van der Waals surface area contributed by atoms with E-state index in [0.29, 0.717) is 11.3 Å². The first-order valence-electron chi connectivity index (χ1n) is 8.64. The molecular formula is C18H21N3O5. The fourth-order valence-electron chi connectivity index (χ4n) is 4.57. The van der Waals surface area contributed by atoms with Crippen LogP contribution in [0.5, 0.6) is 0 Å². The smallest absolute Gasteiger partial charge is 0.250 e. The monoisotopic (exact) mass is 359 g/mol. The molecule has 3 N–H and O–H groups in total. The number of hydrogen-bond donors (Lipinski definition) is 3. The molecule has 4 rings (SSSR count). The summed E-state index contributed by atoms with van der Waals surface area (Å²) < 4.78 is 5.00. The standard InChI is InChI=1S/C18H21N3O5/c1-9(22)14-12-13(16(24)21(15(12)23)7-8-26-2)18(20-14)10-5-3-4-6-11(10)19-17(18)25/h3-6,9,12-14,20,22H,7-8H2,1-2H3,(H,19,25). The highest BCUT2D eigenvalue weighted by Crippen LogP contribution is 2.53. The van der Waals surface area contributed by atoms with E-state index in [0.717, 1.165) is 4.90 Å². The lowest BCUT2D eigenvalue weighted by Crippen LogP contribution is -2.55. The molecule has 0 radical (unpaired) electrons. The summed E-state index contributed by atoms with van der Waals surface area (Å²) in [6.45, 7) is 1.91. The molecule has 3 aliphatic rings. The number of hydrogen-bond acceptors (Lipinski definition) is 6. The van der Waals surface area contributed by atoms with Gasteiger partial charge in [-0.05, 0) is 13.0 Å². The molecule has 0 bridgehead atoms. The predicted molar refractivity (Wildman–Crippen MR) is 90.9 cm³/mol. The van der Waals surface area contributed by atoms with Gasteiger partial charge in [0.05, 0.1) is 31.1 Å². The third-order valence-electron chi connectivity index (χ3n) is 5.69. The molecule has 8 nitrogen and oxygen atoms in total. The van der Waals surface area contributed by atoms with Gasteiger partial charge in [0.2, 0.25) is 17.7 Å². The van der Waals surface area contributed by atoms with E-state index in [1.165, 1.54) is 7.11 Å². The molecule has 5 unspecified atom stereocenters. The van der Waals surface area contributed by atoms with Crippen molar-refractivity contribution in [3.63, 3.8) is 0 Å². The number of aliphatic hydroxyl groups excluding tert-OH is 1. The number of para-hydroxylation sites is 1. The van der Waals surface area contributed by atoms with Crippen molar-refractivity contribution >= 4 is 23.4 Å². The minimum Gasteiger partial charge on any atom is -0.392 e. The maximum Gasteiger partial charge on any atom is 0.250 e. The largest absolute Gasteiger partial charge is 0.392 e. The zero-order chi connectivity index (χ0) is 18.6. The molecule has 3 amide bonds. The number of amides is 3. The Morgan fingerprint density at radius 2 is 2.00 bits per heavy atom. The number of aliphatic hydroxyl groups is 1. The molecular weight excluding hydrogens is 338 g/mol. The fraction of sp³-hybridized carbons (Fsp3) is 0.500. The third-order valence-corrected chi connectivity index (χ3v) is 5.69. The van der Waals surface area contributed by atoms with E-state index in [-0.39, 0.29) is 25.0 Å². The second kappa shape index (κ2) is 5.87. The first-order valence-corrected chi connectivity index (χ1v) is 8.64. The molecule has 2 saturated heterocycles. The number of methoxy groups -OCH3 is 1.